The number of amides is 4. The summed E-state index contributed by atoms with van der Waals surface area (Å²) >= 11 is 0. The Bertz CT molecular complexity index is 378. The number of methoxy groups -OCH3 is 1. The molecule has 0 bridgehead atoms. The van der Waals surface area contributed by atoms with Crippen LogP contribution in [0.3, 0.4) is 0 Å². The Kier molecular flexibility index (Phi) is 3.63. The minimum Gasteiger partial charge on any atom is -0.382 e. The summed E-state index contributed by atoms with van der Waals surface area (Å²) < 4.78 is 10.0. The normalized spacial score (nSPS) is 21.4. The molecular weight excluding hydrogens is 240 g/mol. The zero-order valence-corrected chi connectivity index (χ0v) is 10.2. The van der Waals surface area contributed by atoms with Crippen LogP contribution in [-0.2, 0) is 19.1 Å². The van der Waals surface area contributed by atoms with E-state index in [1.807, 2.05) is 0 Å². The molecule has 0 aromatic carbocycles. The van der Waals surface area contributed by atoms with Crippen molar-refractivity contribution in [1.82, 2.24) is 10.2 Å². The van der Waals surface area contributed by atoms with E-state index in [2.05, 4.69) is 5.32 Å². The van der Waals surface area contributed by atoms with E-state index >= 15 is 0 Å². The maximum absolute atomic E-state index is 12.0. The number of ether oxygens (including phenoxy) is 2. The van der Waals surface area contributed by atoms with E-state index in [1.54, 1.807) is 7.11 Å². The molecule has 1 aliphatic heterocycles. The summed E-state index contributed by atoms with van der Waals surface area (Å²) in [7, 11) is 1.56. The van der Waals surface area contributed by atoms with Crippen molar-refractivity contribution >= 4 is 17.8 Å². The Morgan fingerprint density at radius 2 is 1.94 bits per heavy atom. The minimum absolute atomic E-state index is 0.156. The SMILES string of the molecule is COCCOCCN1C(=O)NC(=O)C2(CC2)C1=O. The molecule has 0 aromatic heterocycles. The van der Waals surface area contributed by atoms with E-state index in [9.17, 15) is 14.4 Å². The third-order valence-electron chi connectivity index (χ3n) is 3.20. The van der Waals surface area contributed by atoms with Crippen molar-refractivity contribution in [2.24, 2.45) is 5.41 Å². The van der Waals surface area contributed by atoms with Crippen LogP contribution in [0.1, 0.15) is 12.8 Å². The molecule has 2 rings (SSSR count). The Morgan fingerprint density at radius 3 is 2.56 bits per heavy atom. The summed E-state index contributed by atoms with van der Waals surface area (Å²) in [4.78, 5) is 36.1. The summed E-state index contributed by atoms with van der Waals surface area (Å²) in [6.45, 7) is 1.27. The molecule has 2 aliphatic rings. The van der Waals surface area contributed by atoms with Crippen LogP contribution in [0.5, 0.6) is 0 Å². The molecule has 100 valence electrons. The van der Waals surface area contributed by atoms with Crippen molar-refractivity contribution in [3.8, 4) is 0 Å². The molecule has 0 atom stereocenters. The fourth-order valence-corrected chi connectivity index (χ4v) is 1.90. The van der Waals surface area contributed by atoms with Gasteiger partial charge in [-0.2, -0.15) is 0 Å². The Morgan fingerprint density at radius 1 is 1.22 bits per heavy atom. The number of hydrogen-bond acceptors (Lipinski definition) is 5. The van der Waals surface area contributed by atoms with Crippen LogP contribution in [-0.4, -0.2) is 56.2 Å². The fourth-order valence-electron chi connectivity index (χ4n) is 1.90. The lowest BCUT2D eigenvalue weighted by Crippen LogP contribution is -2.59. The number of imide groups is 2. The first-order valence-corrected chi connectivity index (χ1v) is 5.86. The van der Waals surface area contributed by atoms with E-state index in [4.69, 9.17) is 9.47 Å². The highest BCUT2D eigenvalue weighted by Gasteiger charge is 2.62. The van der Waals surface area contributed by atoms with Gasteiger partial charge in [-0.1, -0.05) is 0 Å². The van der Waals surface area contributed by atoms with Crippen molar-refractivity contribution in [2.45, 2.75) is 12.8 Å². The number of carbonyl (C=O) groups is 3. The van der Waals surface area contributed by atoms with Crippen molar-refractivity contribution in [3.05, 3.63) is 0 Å². The van der Waals surface area contributed by atoms with E-state index in [-0.39, 0.29) is 13.2 Å². The summed E-state index contributed by atoms with van der Waals surface area (Å²) in [6.07, 6.45) is 1.04. The van der Waals surface area contributed by atoms with Crippen molar-refractivity contribution in [2.75, 3.05) is 33.5 Å². The molecule has 1 aliphatic carbocycles. The summed E-state index contributed by atoms with van der Waals surface area (Å²) in [6, 6.07) is -0.655. The molecule has 0 unspecified atom stereocenters. The lowest BCUT2D eigenvalue weighted by atomic mass is 10.0. The highest BCUT2D eigenvalue weighted by atomic mass is 16.5. The van der Waals surface area contributed by atoms with E-state index in [1.165, 1.54) is 0 Å². The smallest absolute Gasteiger partial charge is 0.330 e. The first kappa shape index (κ1) is 13.0. The first-order chi connectivity index (χ1) is 8.62. The second-order valence-electron chi connectivity index (χ2n) is 4.40. The highest BCUT2D eigenvalue weighted by molar-refractivity contribution is 6.20. The third kappa shape index (κ3) is 2.23. The van der Waals surface area contributed by atoms with Gasteiger partial charge in [0.05, 0.1) is 26.4 Å². The van der Waals surface area contributed by atoms with Crippen LogP contribution >= 0.6 is 0 Å². The Hall–Kier alpha value is -1.47. The molecule has 0 aromatic rings. The summed E-state index contributed by atoms with van der Waals surface area (Å²) in [5.74, 6) is -0.861. The molecule has 2 fully saturated rings. The topological polar surface area (TPSA) is 84.9 Å². The lowest BCUT2D eigenvalue weighted by molar-refractivity contribution is -0.145. The van der Waals surface area contributed by atoms with Crippen molar-refractivity contribution < 1.29 is 23.9 Å². The van der Waals surface area contributed by atoms with Crippen LogP contribution < -0.4 is 5.32 Å². The number of carbonyl (C=O) groups excluding carboxylic acids is 3. The van der Waals surface area contributed by atoms with Gasteiger partial charge in [0, 0.05) is 7.11 Å². The second kappa shape index (κ2) is 5.03. The zero-order valence-electron chi connectivity index (χ0n) is 10.2. The van der Waals surface area contributed by atoms with Gasteiger partial charge in [-0.3, -0.25) is 19.8 Å². The average Bonchev–Trinajstić information content (AvgIpc) is 3.12. The van der Waals surface area contributed by atoms with Gasteiger partial charge in [-0.25, -0.2) is 4.79 Å². The number of rotatable bonds is 6. The molecule has 1 N–H and O–H groups in total. The summed E-state index contributed by atoms with van der Waals surface area (Å²) in [5.41, 5.74) is -0.972. The molecule has 0 radical (unpaired) electrons. The molecular formula is C11H16N2O5. The van der Waals surface area contributed by atoms with Crippen molar-refractivity contribution in [3.63, 3.8) is 0 Å². The van der Waals surface area contributed by atoms with Gasteiger partial charge < -0.3 is 9.47 Å². The zero-order chi connectivity index (χ0) is 13.2. The number of hydrogen-bond donors (Lipinski definition) is 1. The lowest BCUT2D eigenvalue weighted by Gasteiger charge is -2.29. The van der Waals surface area contributed by atoms with Crippen LogP contribution in [0, 0.1) is 5.41 Å². The fraction of sp³-hybridized carbons (Fsp3) is 0.727. The molecule has 7 nitrogen and oxygen atoms in total. The van der Waals surface area contributed by atoms with Gasteiger partial charge in [0.15, 0.2) is 0 Å². The maximum Gasteiger partial charge on any atom is 0.330 e. The number of barbiturate groups is 1. The molecule has 7 heteroatoms. The number of nitrogens with one attached hydrogen (secondary N) is 1. The molecule has 1 saturated heterocycles. The minimum atomic E-state index is -0.972. The highest BCUT2D eigenvalue weighted by Crippen LogP contribution is 2.48. The van der Waals surface area contributed by atoms with Crippen LogP contribution in [0.2, 0.25) is 0 Å². The van der Waals surface area contributed by atoms with E-state index in [0.717, 1.165) is 4.90 Å². The van der Waals surface area contributed by atoms with Crippen molar-refractivity contribution in [1.29, 1.82) is 0 Å². The monoisotopic (exact) mass is 256 g/mol. The van der Waals surface area contributed by atoms with Gasteiger partial charge in [-0.05, 0) is 12.8 Å². The Labute approximate surface area is 104 Å². The van der Waals surface area contributed by atoms with Gasteiger partial charge in [0.1, 0.15) is 5.41 Å². The molecule has 18 heavy (non-hydrogen) atoms. The quantitative estimate of drug-likeness (QED) is 0.512. The maximum atomic E-state index is 12.0. The van der Waals surface area contributed by atoms with E-state index < -0.39 is 23.3 Å². The first-order valence-electron chi connectivity index (χ1n) is 5.86. The molecule has 1 spiro atoms. The predicted molar refractivity (Wildman–Crippen MR) is 59.6 cm³/mol. The molecule has 4 amide bonds. The average molecular weight is 256 g/mol. The third-order valence-corrected chi connectivity index (χ3v) is 3.20. The van der Waals surface area contributed by atoms with Crippen LogP contribution in [0.25, 0.3) is 0 Å². The van der Waals surface area contributed by atoms with Gasteiger partial charge >= 0.3 is 6.03 Å². The second-order valence-corrected chi connectivity index (χ2v) is 4.40. The van der Waals surface area contributed by atoms with Gasteiger partial charge in [0.25, 0.3) is 0 Å². The Balaban J connectivity index is 1.85. The molecule has 1 saturated carbocycles. The van der Waals surface area contributed by atoms with Crippen LogP contribution in [0.15, 0.2) is 0 Å². The summed E-state index contributed by atoms with van der Waals surface area (Å²) in [5, 5.41) is 2.21. The standard InChI is InChI=1S/C11H16N2O5/c1-17-6-7-18-5-4-13-9(15)11(2-3-11)8(14)12-10(13)16/h2-7H2,1H3,(H,12,14,16). The van der Waals surface area contributed by atoms with Gasteiger partial charge in [0.2, 0.25) is 11.8 Å². The van der Waals surface area contributed by atoms with Gasteiger partial charge in [-0.15, -0.1) is 0 Å². The predicted octanol–water partition coefficient (Wildman–Crippen LogP) is -0.492. The number of nitrogens with zero attached hydrogens (tertiary/aromatic N) is 1. The number of urea groups is 1. The van der Waals surface area contributed by atoms with Crippen LogP contribution in [0.4, 0.5) is 4.79 Å². The van der Waals surface area contributed by atoms with E-state index in [0.29, 0.717) is 26.1 Å². The largest absolute Gasteiger partial charge is 0.382 e. The molecule has 1 heterocycles.